The van der Waals surface area contributed by atoms with Crippen LogP contribution < -0.4 is 10.5 Å². The molecule has 0 unspecified atom stereocenters. The van der Waals surface area contributed by atoms with E-state index in [4.69, 9.17) is 15.2 Å². The van der Waals surface area contributed by atoms with Crippen molar-refractivity contribution in [2.75, 3.05) is 7.11 Å². The Labute approximate surface area is 179 Å². The van der Waals surface area contributed by atoms with Crippen LogP contribution in [0.3, 0.4) is 0 Å². The summed E-state index contributed by atoms with van der Waals surface area (Å²) in [6.45, 7) is 0. The van der Waals surface area contributed by atoms with Gasteiger partial charge in [-0.2, -0.15) is 18.4 Å². The number of rotatable bonds is 5. The van der Waals surface area contributed by atoms with Crippen LogP contribution in [0.4, 0.5) is 18.9 Å². The number of non-ortho nitro benzene ring substituents is 1. The molecule has 0 saturated carbocycles. The quantitative estimate of drug-likeness (QED) is 0.417. The van der Waals surface area contributed by atoms with E-state index in [0.29, 0.717) is 5.75 Å². The summed E-state index contributed by atoms with van der Waals surface area (Å²) in [5.74, 6) is -4.89. The lowest BCUT2D eigenvalue weighted by Gasteiger charge is -2.29. The van der Waals surface area contributed by atoms with Crippen molar-refractivity contribution in [1.29, 1.82) is 5.26 Å². The number of hydrogen-bond donors (Lipinski definition) is 1. The Morgan fingerprint density at radius 1 is 1.25 bits per heavy atom. The van der Waals surface area contributed by atoms with Crippen LogP contribution in [0.25, 0.3) is 0 Å². The lowest BCUT2D eigenvalue weighted by atomic mass is 9.79. The SMILES string of the molecule is COc1ccc(C(=O)C2=C(C(F)(F)F)OC(N)=C(C#N)[C@@H]2c2cccc([N+](=O)[O-])c2)cc1. The van der Waals surface area contributed by atoms with Crippen molar-refractivity contribution in [3.8, 4) is 11.8 Å². The van der Waals surface area contributed by atoms with E-state index in [-0.39, 0.29) is 11.1 Å². The van der Waals surface area contributed by atoms with Gasteiger partial charge in [0.2, 0.25) is 11.6 Å². The minimum atomic E-state index is -5.14. The molecule has 0 fully saturated rings. The highest BCUT2D eigenvalue weighted by Gasteiger charge is 2.48. The number of methoxy groups -OCH3 is 1. The van der Waals surface area contributed by atoms with Crippen molar-refractivity contribution in [3.05, 3.63) is 92.6 Å². The number of nitriles is 1. The molecule has 0 radical (unpaired) electrons. The van der Waals surface area contributed by atoms with Gasteiger partial charge in [0.05, 0.1) is 23.5 Å². The monoisotopic (exact) mass is 445 g/mol. The van der Waals surface area contributed by atoms with Crippen LogP contribution in [-0.2, 0) is 4.74 Å². The molecule has 1 aliphatic rings. The maximum atomic E-state index is 13.9. The van der Waals surface area contributed by atoms with Crippen LogP contribution in [0.2, 0.25) is 0 Å². The fraction of sp³-hybridized carbons (Fsp3) is 0.143. The standard InChI is InChI=1S/C21H14F3N3O5/c1-31-14-7-5-11(6-8-14)18(28)17-16(12-3-2-4-13(9-12)27(29)30)15(10-25)20(26)32-19(17)21(22,23)24/h2-9,16H,26H2,1H3/t16-/m0/s1. The molecule has 0 bridgehead atoms. The zero-order valence-electron chi connectivity index (χ0n) is 16.3. The Balaban J connectivity index is 2.29. The number of Topliss-reactive ketones (excluding diaryl/α,β-unsaturated/α-hetero) is 1. The van der Waals surface area contributed by atoms with E-state index >= 15 is 0 Å². The molecular weight excluding hydrogens is 431 g/mol. The summed E-state index contributed by atoms with van der Waals surface area (Å²) >= 11 is 0. The Hall–Kier alpha value is -4.33. The summed E-state index contributed by atoms with van der Waals surface area (Å²) in [4.78, 5) is 23.7. The van der Waals surface area contributed by atoms with Crippen LogP contribution >= 0.6 is 0 Å². The van der Waals surface area contributed by atoms with Gasteiger partial charge in [0.25, 0.3) is 5.69 Å². The van der Waals surface area contributed by atoms with Gasteiger partial charge in [0.1, 0.15) is 17.4 Å². The van der Waals surface area contributed by atoms with Gasteiger partial charge >= 0.3 is 6.18 Å². The van der Waals surface area contributed by atoms with Crippen molar-refractivity contribution in [2.45, 2.75) is 12.1 Å². The zero-order chi connectivity index (χ0) is 23.6. The molecule has 11 heteroatoms. The minimum absolute atomic E-state index is 0.0967. The molecule has 3 rings (SSSR count). The predicted molar refractivity (Wildman–Crippen MR) is 104 cm³/mol. The summed E-state index contributed by atoms with van der Waals surface area (Å²) in [6, 6.07) is 11.5. The van der Waals surface area contributed by atoms with Crippen LogP contribution in [0.15, 0.2) is 71.3 Å². The number of nitrogens with two attached hydrogens (primary N) is 1. The van der Waals surface area contributed by atoms with Gasteiger partial charge in [-0.25, -0.2) is 0 Å². The Morgan fingerprint density at radius 3 is 2.44 bits per heavy atom. The van der Waals surface area contributed by atoms with Gasteiger partial charge in [0, 0.05) is 17.7 Å². The number of nitrogens with zero attached hydrogens (tertiary/aromatic N) is 2. The average molecular weight is 445 g/mol. The molecule has 0 aliphatic carbocycles. The number of allylic oxidation sites excluding steroid dienone is 3. The molecule has 2 aromatic rings. The summed E-state index contributed by atoms with van der Waals surface area (Å²) in [6.07, 6.45) is -5.14. The number of benzene rings is 2. The largest absolute Gasteiger partial charge is 0.497 e. The van der Waals surface area contributed by atoms with Gasteiger partial charge in [-0.3, -0.25) is 14.9 Å². The fourth-order valence-corrected chi connectivity index (χ4v) is 3.25. The van der Waals surface area contributed by atoms with Gasteiger partial charge in [-0.05, 0) is 29.8 Å². The van der Waals surface area contributed by atoms with E-state index in [1.807, 2.05) is 0 Å². The molecule has 2 N–H and O–H groups in total. The van der Waals surface area contributed by atoms with Gasteiger partial charge < -0.3 is 15.2 Å². The number of alkyl halides is 3. The lowest BCUT2D eigenvalue weighted by molar-refractivity contribution is -0.384. The fourth-order valence-electron chi connectivity index (χ4n) is 3.25. The Morgan fingerprint density at radius 2 is 1.91 bits per heavy atom. The van der Waals surface area contributed by atoms with Crippen LogP contribution in [0.1, 0.15) is 21.8 Å². The molecule has 1 aliphatic heterocycles. The molecule has 0 saturated heterocycles. The van der Waals surface area contributed by atoms with Crippen molar-refractivity contribution in [1.82, 2.24) is 0 Å². The van der Waals surface area contributed by atoms with Gasteiger partial charge in [-0.15, -0.1) is 0 Å². The van der Waals surface area contributed by atoms with E-state index in [1.165, 1.54) is 43.5 Å². The number of nitro benzene ring substituents is 1. The third-order valence-electron chi connectivity index (χ3n) is 4.69. The first-order chi connectivity index (χ1) is 15.1. The summed E-state index contributed by atoms with van der Waals surface area (Å²) < 4.78 is 51.3. The third kappa shape index (κ3) is 4.11. The molecule has 164 valence electrons. The topological polar surface area (TPSA) is 128 Å². The number of carbonyl (C=O) groups is 1. The highest BCUT2D eigenvalue weighted by molar-refractivity contribution is 6.11. The Bertz CT molecular complexity index is 1190. The number of halogens is 3. The number of hydrogen-bond acceptors (Lipinski definition) is 7. The second-order valence-corrected chi connectivity index (χ2v) is 6.58. The van der Waals surface area contributed by atoms with E-state index in [9.17, 15) is 33.3 Å². The van der Waals surface area contributed by atoms with Crippen molar-refractivity contribution >= 4 is 11.5 Å². The molecule has 2 aromatic carbocycles. The number of ketones is 1. The Kier molecular flexibility index (Phi) is 5.89. The summed E-state index contributed by atoms with van der Waals surface area (Å²) in [5, 5.41) is 20.7. The first-order valence-electron chi connectivity index (χ1n) is 8.90. The van der Waals surface area contributed by atoms with Crippen LogP contribution in [-0.4, -0.2) is 24.0 Å². The zero-order valence-corrected chi connectivity index (χ0v) is 16.3. The average Bonchev–Trinajstić information content (AvgIpc) is 2.77. The summed E-state index contributed by atoms with van der Waals surface area (Å²) in [5.41, 5.74) is 3.52. The van der Waals surface area contributed by atoms with Crippen molar-refractivity contribution < 1.29 is 32.4 Å². The number of nitro groups is 1. The molecule has 0 spiro atoms. The molecule has 32 heavy (non-hydrogen) atoms. The smallest absolute Gasteiger partial charge is 0.450 e. The van der Waals surface area contributed by atoms with Crippen molar-refractivity contribution in [3.63, 3.8) is 0 Å². The molecule has 0 aromatic heterocycles. The summed E-state index contributed by atoms with van der Waals surface area (Å²) in [7, 11) is 1.38. The minimum Gasteiger partial charge on any atom is -0.497 e. The first kappa shape index (κ1) is 22.4. The van der Waals surface area contributed by atoms with E-state index in [0.717, 1.165) is 12.1 Å². The maximum Gasteiger partial charge on any atom is 0.450 e. The molecular formula is C21H14F3N3O5. The molecule has 1 heterocycles. The highest BCUT2D eigenvalue weighted by atomic mass is 19.4. The van der Waals surface area contributed by atoms with Gasteiger partial charge in [-0.1, -0.05) is 12.1 Å². The van der Waals surface area contributed by atoms with Crippen molar-refractivity contribution in [2.24, 2.45) is 5.73 Å². The highest BCUT2D eigenvalue weighted by Crippen LogP contribution is 2.45. The van der Waals surface area contributed by atoms with Gasteiger partial charge in [0.15, 0.2) is 5.78 Å². The molecule has 8 nitrogen and oxygen atoms in total. The normalized spacial score (nSPS) is 16.3. The maximum absolute atomic E-state index is 13.9. The molecule has 0 amide bonds. The predicted octanol–water partition coefficient (Wildman–Crippen LogP) is 4.11. The number of carbonyl (C=O) groups excluding carboxylic acids is 1. The van der Waals surface area contributed by atoms with Crippen LogP contribution in [0.5, 0.6) is 5.75 Å². The number of ether oxygens (including phenoxy) is 2. The van der Waals surface area contributed by atoms with E-state index < -0.39 is 51.3 Å². The first-order valence-corrected chi connectivity index (χ1v) is 8.90. The molecule has 1 atom stereocenters. The van der Waals surface area contributed by atoms with Crippen LogP contribution in [0, 0.1) is 21.4 Å². The van der Waals surface area contributed by atoms with E-state index in [1.54, 1.807) is 6.07 Å². The van der Waals surface area contributed by atoms with E-state index in [2.05, 4.69) is 0 Å². The second kappa shape index (κ2) is 8.43. The lowest BCUT2D eigenvalue weighted by Crippen LogP contribution is -2.31. The second-order valence-electron chi connectivity index (χ2n) is 6.58. The third-order valence-corrected chi connectivity index (χ3v) is 4.69.